The Morgan fingerprint density at radius 3 is 2.47 bits per heavy atom. The quantitative estimate of drug-likeness (QED) is 0.784. The lowest BCUT2D eigenvalue weighted by Gasteiger charge is -2.06. The second-order valence-corrected chi connectivity index (χ2v) is 4.65. The van der Waals surface area contributed by atoms with Crippen molar-refractivity contribution in [1.82, 2.24) is 9.97 Å². The smallest absolute Gasteiger partial charge is 0.0890 e. The van der Waals surface area contributed by atoms with Gasteiger partial charge in [-0.25, -0.2) is 4.98 Å². The van der Waals surface area contributed by atoms with Gasteiger partial charge in [-0.1, -0.05) is 23.7 Å². The predicted molar refractivity (Wildman–Crippen MR) is 78.3 cm³/mol. The van der Waals surface area contributed by atoms with Crippen LogP contribution in [0.4, 0.5) is 5.69 Å². The Labute approximate surface area is 116 Å². The lowest BCUT2D eigenvalue weighted by Crippen LogP contribution is -2.02. The maximum absolute atomic E-state index is 5.84. The molecule has 3 rings (SSSR count). The number of halogens is 1. The molecule has 0 amide bonds. The molecule has 0 saturated heterocycles. The Kier molecular flexibility index (Phi) is 3.29. The molecule has 0 spiro atoms. The van der Waals surface area contributed by atoms with Gasteiger partial charge in [0.2, 0.25) is 0 Å². The van der Waals surface area contributed by atoms with Crippen LogP contribution in [-0.4, -0.2) is 9.97 Å². The first-order chi connectivity index (χ1) is 9.31. The number of aromatic nitrogens is 2. The topological polar surface area (TPSA) is 37.8 Å². The molecule has 0 radical (unpaired) electrons. The largest absolute Gasteiger partial charge is 0.379 e. The summed E-state index contributed by atoms with van der Waals surface area (Å²) in [5.41, 5.74) is 3.75. The molecule has 3 aromatic rings. The first-order valence-electron chi connectivity index (χ1n) is 6.01. The summed E-state index contributed by atoms with van der Waals surface area (Å²) in [6, 6.07) is 15.4. The minimum Gasteiger partial charge on any atom is -0.379 e. The van der Waals surface area contributed by atoms with E-state index in [0.29, 0.717) is 6.54 Å². The predicted octanol–water partition coefficient (Wildman–Crippen LogP) is 3.90. The fraction of sp³-hybridized carbons (Fsp3) is 0.0667. The number of hydrogen-bond donors (Lipinski definition) is 1. The summed E-state index contributed by atoms with van der Waals surface area (Å²) in [6.07, 6.45) is 1.80. The van der Waals surface area contributed by atoms with E-state index in [1.807, 2.05) is 48.5 Å². The molecule has 1 aromatic heterocycles. The Bertz CT molecular complexity index is 695. The van der Waals surface area contributed by atoms with Gasteiger partial charge in [-0.05, 0) is 36.4 Å². The summed E-state index contributed by atoms with van der Waals surface area (Å²) in [6.45, 7) is 0.638. The molecule has 0 fully saturated rings. The normalized spacial score (nSPS) is 10.6. The maximum atomic E-state index is 5.84. The van der Waals surface area contributed by atoms with E-state index in [1.165, 1.54) is 0 Å². The molecule has 0 atom stereocenters. The van der Waals surface area contributed by atoms with Crippen LogP contribution in [0.15, 0.2) is 54.7 Å². The highest BCUT2D eigenvalue weighted by atomic mass is 35.5. The summed E-state index contributed by atoms with van der Waals surface area (Å²) >= 11 is 5.84. The first-order valence-corrected chi connectivity index (χ1v) is 6.39. The van der Waals surface area contributed by atoms with Crippen molar-refractivity contribution in [1.29, 1.82) is 0 Å². The number of nitrogens with one attached hydrogen (secondary N) is 1. The van der Waals surface area contributed by atoms with E-state index >= 15 is 0 Å². The zero-order valence-electron chi connectivity index (χ0n) is 10.2. The monoisotopic (exact) mass is 269 g/mol. The fourth-order valence-electron chi connectivity index (χ4n) is 1.84. The Balaban J connectivity index is 1.76. The average molecular weight is 270 g/mol. The molecule has 4 heteroatoms. The number of nitrogens with zero attached hydrogens (tertiary/aromatic N) is 2. The summed E-state index contributed by atoms with van der Waals surface area (Å²) in [5, 5.41) is 4.02. The van der Waals surface area contributed by atoms with Gasteiger partial charge in [0, 0.05) is 10.7 Å². The molecular formula is C15H12ClN3. The number of fused-ring (bicyclic) bond motifs is 1. The van der Waals surface area contributed by atoms with Gasteiger partial charge in [0.05, 0.1) is 29.5 Å². The minimum atomic E-state index is 0.638. The van der Waals surface area contributed by atoms with Gasteiger partial charge in [-0.2, -0.15) is 0 Å². The summed E-state index contributed by atoms with van der Waals surface area (Å²) in [5.74, 6) is 0. The molecule has 19 heavy (non-hydrogen) atoms. The maximum Gasteiger partial charge on any atom is 0.0890 e. The lowest BCUT2D eigenvalue weighted by atomic mass is 10.3. The molecule has 1 N–H and O–H groups in total. The molecule has 0 aliphatic heterocycles. The lowest BCUT2D eigenvalue weighted by molar-refractivity contribution is 1.04. The number of anilines is 1. The highest BCUT2D eigenvalue weighted by Gasteiger charge is 1.99. The van der Waals surface area contributed by atoms with Crippen molar-refractivity contribution < 1.29 is 0 Å². The van der Waals surface area contributed by atoms with E-state index in [0.717, 1.165) is 27.4 Å². The van der Waals surface area contributed by atoms with Crippen molar-refractivity contribution in [3.8, 4) is 0 Å². The third-order valence-electron chi connectivity index (χ3n) is 2.82. The number of rotatable bonds is 3. The van der Waals surface area contributed by atoms with Crippen molar-refractivity contribution in [2.45, 2.75) is 6.54 Å². The van der Waals surface area contributed by atoms with Crippen LogP contribution in [0.5, 0.6) is 0 Å². The molecule has 1 heterocycles. The molecule has 0 aliphatic carbocycles. The Morgan fingerprint density at radius 2 is 1.68 bits per heavy atom. The van der Waals surface area contributed by atoms with Gasteiger partial charge in [0.1, 0.15) is 0 Å². The van der Waals surface area contributed by atoms with E-state index < -0.39 is 0 Å². The van der Waals surface area contributed by atoms with Gasteiger partial charge in [0.25, 0.3) is 0 Å². The van der Waals surface area contributed by atoms with Gasteiger partial charge >= 0.3 is 0 Å². The van der Waals surface area contributed by atoms with Crippen molar-refractivity contribution in [2.75, 3.05) is 5.32 Å². The summed E-state index contributed by atoms with van der Waals surface area (Å²) in [7, 11) is 0. The van der Waals surface area contributed by atoms with E-state index in [9.17, 15) is 0 Å². The van der Waals surface area contributed by atoms with Crippen LogP contribution in [0.2, 0.25) is 5.02 Å². The van der Waals surface area contributed by atoms with Crippen LogP contribution in [0.1, 0.15) is 5.69 Å². The van der Waals surface area contributed by atoms with Crippen molar-refractivity contribution in [3.05, 3.63) is 65.4 Å². The molecule has 0 unspecified atom stereocenters. The second-order valence-electron chi connectivity index (χ2n) is 4.21. The van der Waals surface area contributed by atoms with Crippen LogP contribution in [0.25, 0.3) is 11.0 Å². The third kappa shape index (κ3) is 2.83. The molecule has 0 bridgehead atoms. The van der Waals surface area contributed by atoms with E-state index in [-0.39, 0.29) is 0 Å². The number of hydrogen-bond acceptors (Lipinski definition) is 3. The highest BCUT2D eigenvalue weighted by Crippen LogP contribution is 2.14. The molecule has 0 saturated carbocycles. The van der Waals surface area contributed by atoms with Crippen molar-refractivity contribution >= 4 is 28.3 Å². The van der Waals surface area contributed by atoms with Crippen LogP contribution < -0.4 is 5.32 Å². The summed E-state index contributed by atoms with van der Waals surface area (Å²) < 4.78 is 0. The van der Waals surface area contributed by atoms with Gasteiger partial charge < -0.3 is 5.32 Å². The fourth-order valence-corrected chi connectivity index (χ4v) is 1.97. The standard InChI is InChI=1S/C15H12ClN3/c16-11-5-7-12(8-6-11)17-9-13-10-18-14-3-1-2-4-15(14)19-13/h1-8,10,17H,9H2. The zero-order valence-corrected chi connectivity index (χ0v) is 10.9. The van der Waals surface area contributed by atoms with E-state index in [4.69, 9.17) is 11.6 Å². The molecule has 94 valence electrons. The second kappa shape index (κ2) is 5.24. The van der Waals surface area contributed by atoms with Crippen LogP contribution >= 0.6 is 11.6 Å². The SMILES string of the molecule is Clc1ccc(NCc2cnc3ccccc3n2)cc1. The van der Waals surface area contributed by atoms with Crippen LogP contribution in [0, 0.1) is 0 Å². The zero-order chi connectivity index (χ0) is 13.1. The first kappa shape index (κ1) is 11.9. The highest BCUT2D eigenvalue weighted by molar-refractivity contribution is 6.30. The van der Waals surface area contributed by atoms with Crippen molar-refractivity contribution in [3.63, 3.8) is 0 Å². The van der Waals surface area contributed by atoms with Crippen molar-refractivity contribution in [2.24, 2.45) is 0 Å². The summed E-state index contributed by atoms with van der Waals surface area (Å²) in [4.78, 5) is 8.94. The third-order valence-corrected chi connectivity index (χ3v) is 3.07. The average Bonchev–Trinajstić information content (AvgIpc) is 2.46. The van der Waals surface area contributed by atoms with E-state index in [2.05, 4.69) is 15.3 Å². The number of benzene rings is 2. The van der Waals surface area contributed by atoms with Gasteiger partial charge in [0.15, 0.2) is 0 Å². The Morgan fingerprint density at radius 1 is 0.947 bits per heavy atom. The van der Waals surface area contributed by atoms with Gasteiger partial charge in [-0.15, -0.1) is 0 Å². The molecule has 0 aliphatic rings. The number of para-hydroxylation sites is 2. The molecule has 2 aromatic carbocycles. The minimum absolute atomic E-state index is 0.638. The molecular weight excluding hydrogens is 258 g/mol. The van der Waals surface area contributed by atoms with Gasteiger partial charge in [-0.3, -0.25) is 4.98 Å². The molecule has 3 nitrogen and oxygen atoms in total. The van der Waals surface area contributed by atoms with E-state index in [1.54, 1.807) is 6.20 Å². The Hall–Kier alpha value is -2.13. The van der Waals surface area contributed by atoms with Crippen LogP contribution in [0.3, 0.4) is 0 Å². The van der Waals surface area contributed by atoms with Crippen LogP contribution in [-0.2, 0) is 6.54 Å².